The summed E-state index contributed by atoms with van der Waals surface area (Å²) in [7, 11) is -3.79. The highest BCUT2D eigenvalue weighted by Gasteiger charge is 2.21. The molecule has 1 amide bonds. The van der Waals surface area contributed by atoms with Crippen molar-refractivity contribution in [3.63, 3.8) is 0 Å². The van der Waals surface area contributed by atoms with Crippen molar-refractivity contribution in [3.8, 4) is 0 Å². The summed E-state index contributed by atoms with van der Waals surface area (Å²) >= 11 is 0. The number of esters is 1. The summed E-state index contributed by atoms with van der Waals surface area (Å²) in [6, 6.07) is 8.61. The molecule has 0 aromatic heterocycles. The second-order valence-corrected chi connectivity index (χ2v) is 8.32. The molecule has 0 fully saturated rings. The van der Waals surface area contributed by atoms with E-state index in [0.29, 0.717) is 5.56 Å². The highest BCUT2D eigenvalue weighted by atomic mass is 32.2. The quantitative estimate of drug-likeness (QED) is 0.551. The van der Waals surface area contributed by atoms with Crippen LogP contribution in [0.1, 0.15) is 33.3 Å². The van der Waals surface area contributed by atoms with Gasteiger partial charge in [0.05, 0.1) is 12.5 Å². The van der Waals surface area contributed by atoms with Crippen LogP contribution >= 0.6 is 0 Å². The van der Waals surface area contributed by atoms with Gasteiger partial charge in [0.2, 0.25) is 5.91 Å². The number of hydrogen-bond acceptors (Lipinski definition) is 6. The van der Waals surface area contributed by atoms with E-state index in [0.717, 1.165) is 0 Å². The van der Waals surface area contributed by atoms with E-state index < -0.39 is 33.5 Å². The highest BCUT2D eigenvalue weighted by molar-refractivity contribution is 7.85. The first-order chi connectivity index (χ1) is 11.5. The van der Waals surface area contributed by atoms with E-state index in [1.807, 2.05) is 0 Å². The summed E-state index contributed by atoms with van der Waals surface area (Å²) in [5, 5.41) is 2.40. The number of benzene rings is 1. The Bertz CT molecular complexity index is 679. The van der Waals surface area contributed by atoms with Crippen LogP contribution in [0.5, 0.6) is 0 Å². The lowest BCUT2D eigenvalue weighted by Crippen LogP contribution is -2.38. The predicted molar refractivity (Wildman–Crippen MR) is 93.0 cm³/mol. The van der Waals surface area contributed by atoms with Gasteiger partial charge in [0.15, 0.2) is 0 Å². The fraction of sp³-hybridized carbons (Fsp3) is 0.529. The van der Waals surface area contributed by atoms with Gasteiger partial charge >= 0.3 is 5.97 Å². The zero-order chi connectivity index (χ0) is 19.1. The summed E-state index contributed by atoms with van der Waals surface area (Å²) in [4.78, 5) is 23.4. The van der Waals surface area contributed by atoms with E-state index >= 15 is 0 Å². The smallest absolute Gasteiger partial charge is 0.325 e. The van der Waals surface area contributed by atoms with Crippen LogP contribution in [0.15, 0.2) is 30.3 Å². The average molecular weight is 371 g/mol. The third kappa shape index (κ3) is 9.21. The molecule has 0 radical (unpaired) electrons. The Labute approximate surface area is 148 Å². The molecule has 0 saturated heterocycles. The third-order valence-corrected chi connectivity index (χ3v) is 4.14. The number of rotatable bonds is 8. The zero-order valence-electron chi connectivity index (χ0n) is 14.9. The SMILES string of the molecule is CC(COS(=O)(=O)Cc1ccccc1)C(=O)NCC(=O)OC(C)(C)C. The van der Waals surface area contributed by atoms with Gasteiger partial charge in [0, 0.05) is 0 Å². The van der Waals surface area contributed by atoms with Crippen molar-refractivity contribution in [2.24, 2.45) is 5.92 Å². The highest BCUT2D eigenvalue weighted by Crippen LogP contribution is 2.09. The lowest BCUT2D eigenvalue weighted by Gasteiger charge is -2.20. The Balaban J connectivity index is 2.41. The maximum absolute atomic E-state index is 11.9. The zero-order valence-corrected chi connectivity index (χ0v) is 15.8. The number of carbonyl (C=O) groups is 2. The third-order valence-electron chi connectivity index (χ3n) is 2.96. The molecule has 25 heavy (non-hydrogen) atoms. The van der Waals surface area contributed by atoms with E-state index in [9.17, 15) is 18.0 Å². The van der Waals surface area contributed by atoms with Crippen molar-refractivity contribution in [1.29, 1.82) is 0 Å². The first-order valence-corrected chi connectivity index (χ1v) is 9.47. The summed E-state index contributed by atoms with van der Waals surface area (Å²) in [5.74, 6) is -2.04. The number of carbonyl (C=O) groups excluding carboxylic acids is 2. The lowest BCUT2D eigenvalue weighted by molar-refractivity contribution is -0.154. The van der Waals surface area contributed by atoms with Gasteiger partial charge < -0.3 is 10.1 Å². The van der Waals surface area contributed by atoms with E-state index in [2.05, 4.69) is 5.32 Å². The molecule has 0 aliphatic rings. The second kappa shape index (κ2) is 8.96. The first-order valence-electron chi connectivity index (χ1n) is 7.89. The van der Waals surface area contributed by atoms with Gasteiger partial charge in [0.25, 0.3) is 10.1 Å². The molecule has 0 aliphatic carbocycles. The summed E-state index contributed by atoms with van der Waals surface area (Å²) in [6.07, 6.45) is 0. The van der Waals surface area contributed by atoms with Crippen LogP contribution in [0, 0.1) is 5.92 Å². The molecule has 1 atom stereocenters. The van der Waals surface area contributed by atoms with Crippen molar-refractivity contribution in [2.75, 3.05) is 13.2 Å². The Hall–Kier alpha value is -1.93. The van der Waals surface area contributed by atoms with Crippen LogP contribution in [-0.2, 0) is 34.4 Å². The molecule has 1 rings (SSSR count). The van der Waals surface area contributed by atoms with E-state index in [1.54, 1.807) is 51.1 Å². The molecule has 0 aliphatic heterocycles. The van der Waals surface area contributed by atoms with E-state index in [4.69, 9.17) is 8.92 Å². The number of nitrogens with one attached hydrogen (secondary N) is 1. The van der Waals surface area contributed by atoms with Crippen LogP contribution in [0.4, 0.5) is 0 Å². The first kappa shape index (κ1) is 21.1. The van der Waals surface area contributed by atoms with Crippen molar-refractivity contribution in [3.05, 3.63) is 35.9 Å². The van der Waals surface area contributed by atoms with Crippen molar-refractivity contribution in [1.82, 2.24) is 5.32 Å². The maximum atomic E-state index is 11.9. The fourth-order valence-corrected chi connectivity index (χ4v) is 2.91. The van der Waals surface area contributed by atoms with Gasteiger partial charge in [0.1, 0.15) is 17.9 Å². The molecule has 1 N–H and O–H groups in total. The van der Waals surface area contributed by atoms with Crippen molar-refractivity contribution in [2.45, 2.75) is 39.0 Å². The minimum absolute atomic E-state index is 0.264. The molecule has 0 saturated carbocycles. The fourth-order valence-electron chi connectivity index (χ4n) is 1.81. The molecule has 0 heterocycles. The molecular formula is C17H25NO6S. The standard InChI is InChI=1S/C17H25NO6S/c1-13(16(20)18-10-15(19)24-17(2,3)4)11-23-25(21,22)12-14-8-6-5-7-9-14/h5-9,13H,10-12H2,1-4H3,(H,18,20). The Morgan fingerprint density at radius 3 is 2.32 bits per heavy atom. The van der Waals surface area contributed by atoms with Gasteiger partial charge in [-0.15, -0.1) is 0 Å². The van der Waals surface area contributed by atoms with Crippen LogP contribution in [0.3, 0.4) is 0 Å². The molecule has 8 heteroatoms. The summed E-state index contributed by atoms with van der Waals surface area (Å²) < 4.78 is 33.8. The largest absolute Gasteiger partial charge is 0.459 e. The summed E-state index contributed by atoms with van der Waals surface area (Å²) in [6.45, 7) is 6.11. The molecule has 1 unspecified atom stereocenters. The van der Waals surface area contributed by atoms with Gasteiger partial charge in [-0.05, 0) is 26.3 Å². The van der Waals surface area contributed by atoms with Gasteiger partial charge in [-0.3, -0.25) is 13.8 Å². The van der Waals surface area contributed by atoms with Crippen molar-refractivity contribution >= 4 is 22.0 Å². The number of ether oxygens (including phenoxy) is 1. The van der Waals surface area contributed by atoms with Crippen LogP contribution in [-0.4, -0.2) is 39.0 Å². The molecule has 0 spiro atoms. The maximum Gasteiger partial charge on any atom is 0.325 e. The predicted octanol–water partition coefficient (Wildman–Crippen LogP) is 1.63. The molecule has 0 bridgehead atoms. The van der Waals surface area contributed by atoms with Crippen LogP contribution in [0.25, 0.3) is 0 Å². The summed E-state index contributed by atoms with van der Waals surface area (Å²) in [5.41, 5.74) is -0.0354. The molecule has 140 valence electrons. The number of amides is 1. The Morgan fingerprint density at radius 1 is 1.16 bits per heavy atom. The normalized spacial score (nSPS) is 13.1. The molecular weight excluding hydrogens is 346 g/mol. The minimum atomic E-state index is -3.79. The molecule has 7 nitrogen and oxygen atoms in total. The Morgan fingerprint density at radius 2 is 1.76 bits per heavy atom. The minimum Gasteiger partial charge on any atom is -0.459 e. The van der Waals surface area contributed by atoms with E-state index in [1.165, 1.54) is 6.92 Å². The van der Waals surface area contributed by atoms with Gasteiger partial charge in [-0.25, -0.2) is 0 Å². The van der Waals surface area contributed by atoms with Gasteiger partial charge in [-0.1, -0.05) is 37.3 Å². The Kier molecular flexibility index (Phi) is 7.57. The molecule has 1 aromatic carbocycles. The monoisotopic (exact) mass is 371 g/mol. The van der Waals surface area contributed by atoms with Crippen molar-refractivity contribution < 1.29 is 26.9 Å². The van der Waals surface area contributed by atoms with Crippen LogP contribution < -0.4 is 5.32 Å². The van der Waals surface area contributed by atoms with Gasteiger partial charge in [-0.2, -0.15) is 8.42 Å². The lowest BCUT2D eigenvalue weighted by atomic mass is 10.2. The average Bonchev–Trinajstić information content (AvgIpc) is 2.49. The van der Waals surface area contributed by atoms with Crippen LogP contribution in [0.2, 0.25) is 0 Å². The topological polar surface area (TPSA) is 98.8 Å². The van der Waals surface area contributed by atoms with E-state index in [-0.39, 0.29) is 18.9 Å². The second-order valence-electron chi connectivity index (χ2n) is 6.68. The molecule has 1 aromatic rings. The number of hydrogen-bond donors (Lipinski definition) is 1.